The van der Waals surface area contributed by atoms with Crippen LogP contribution in [-0.2, 0) is 22.5 Å². The van der Waals surface area contributed by atoms with Crippen LogP contribution in [0.1, 0.15) is 37.9 Å². The van der Waals surface area contributed by atoms with Gasteiger partial charge >= 0.3 is 6.09 Å². The molecule has 3 aromatic rings. The van der Waals surface area contributed by atoms with Gasteiger partial charge in [-0.25, -0.2) is 9.48 Å². The average molecular weight is 509 g/mol. The van der Waals surface area contributed by atoms with Gasteiger partial charge in [0.15, 0.2) is 0 Å². The number of aryl methyl sites for hydroxylation is 1. The quantitative estimate of drug-likeness (QED) is 0.407. The highest BCUT2D eigenvalue weighted by atomic mass is 16.5. The van der Waals surface area contributed by atoms with E-state index in [9.17, 15) is 19.5 Å². The lowest BCUT2D eigenvalue weighted by atomic mass is 10.1. The smallest absolute Gasteiger partial charge is 0.411 e. The van der Waals surface area contributed by atoms with Crippen LogP contribution in [0.2, 0.25) is 0 Å². The fraction of sp³-hybridized carbons (Fsp3) is 0.423. The van der Waals surface area contributed by atoms with Gasteiger partial charge in [0.25, 0.3) is 0 Å². The van der Waals surface area contributed by atoms with Gasteiger partial charge in [-0.2, -0.15) is 10.2 Å². The Balaban J connectivity index is 1.41. The minimum absolute atomic E-state index is 0.00662. The lowest BCUT2D eigenvalue weighted by Crippen LogP contribution is -2.48. The molecular formula is C26H32N6O5. The summed E-state index contributed by atoms with van der Waals surface area (Å²) in [6.07, 6.45) is 5.35. The standard InChI is InChI=1S/C26H32N6O5/c1-18(2)14-31(26(35)36)21-6-3-5-19(11-21)12-23-24(33)8-10-32(29-23)22-13-27-30(15-22)9-4-7-25(34)28-20-16-37-17-20/h3,5-6,8,10-11,13,15,18,20H,4,7,9,12,14,16-17H2,1-2H3,(H,28,34)(H,35,36). The van der Waals surface area contributed by atoms with Crippen LogP contribution in [0.25, 0.3) is 5.69 Å². The molecule has 0 unspecified atom stereocenters. The Morgan fingerprint density at radius 2 is 2.08 bits per heavy atom. The van der Waals surface area contributed by atoms with Crippen molar-refractivity contribution in [2.75, 3.05) is 24.7 Å². The second-order valence-corrected chi connectivity index (χ2v) is 9.57. The molecule has 0 radical (unpaired) electrons. The third-order valence-electron chi connectivity index (χ3n) is 5.93. The van der Waals surface area contributed by atoms with E-state index < -0.39 is 6.09 Å². The number of aromatic nitrogens is 4. The molecular weight excluding hydrogens is 476 g/mol. The first-order chi connectivity index (χ1) is 17.8. The van der Waals surface area contributed by atoms with Crippen molar-refractivity contribution >= 4 is 17.7 Å². The maximum absolute atomic E-state index is 12.5. The van der Waals surface area contributed by atoms with Crippen molar-refractivity contribution in [1.82, 2.24) is 24.9 Å². The van der Waals surface area contributed by atoms with Crippen molar-refractivity contribution in [3.63, 3.8) is 0 Å². The maximum Gasteiger partial charge on any atom is 0.411 e. The summed E-state index contributed by atoms with van der Waals surface area (Å²) >= 11 is 0. The Morgan fingerprint density at radius 3 is 2.78 bits per heavy atom. The van der Waals surface area contributed by atoms with Crippen LogP contribution in [-0.4, -0.2) is 62.5 Å². The molecule has 1 aromatic carbocycles. The molecule has 0 bridgehead atoms. The number of hydrogen-bond donors (Lipinski definition) is 2. The molecule has 196 valence electrons. The molecule has 2 amide bonds. The fourth-order valence-electron chi connectivity index (χ4n) is 4.01. The Labute approximate surface area is 214 Å². The van der Waals surface area contributed by atoms with Gasteiger partial charge in [-0.1, -0.05) is 26.0 Å². The van der Waals surface area contributed by atoms with Gasteiger partial charge in [-0.3, -0.25) is 19.2 Å². The van der Waals surface area contributed by atoms with Crippen molar-refractivity contribution in [2.45, 2.75) is 45.7 Å². The number of amides is 2. The number of anilines is 1. The average Bonchev–Trinajstić information content (AvgIpc) is 3.30. The molecule has 0 atom stereocenters. The molecule has 0 saturated carbocycles. The Kier molecular flexibility index (Phi) is 8.34. The highest BCUT2D eigenvalue weighted by Crippen LogP contribution is 2.19. The Hall–Kier alpha value is -3.99. The van der Waals surface area contributed by atoms with E-state index in [4.69, 9.17) is 4.74 Å². The van der Waals surface area contributed by atoms with Crippen LogP contribution < -0.4 is 15.6 Å². The maximum atomic E-state index is 12.5. The number of carbonyl (C=O) groups is 2. The molecule has 37 heavy (non-hydrogen) atoms. The molecule has 0 aliphatic carbocycles. The topological polar surface area (TPSA) is 132 Å². The zero-order valence-electron chi connectivity index (χ0n) is 21.0. The van der Waals surface area contributed by atoms with Crippen LogP contribution >= 0.6 is 0 Å². The van der Waals surface area contributed by atoms with Gasteiger partial charge in [-0.15, -0.1) is 0 Å². The third-order valence-corrected chi connectivity index (χ3v) is 5.93. The van der Waals surface area contributed by atoms with Crippen LogP contribution in [0.3, 0.4) is 0 Å². The van der Waals surface area contributed by atoms with Crippen LogP contribution in [0, 0.1) is 5.92 Å². The number of nitrogens with one attached hydrogen (secondary N) is 1. The Bertz CT molecular complexity index is 1300. The van der Waals surface area contributed by atoms with Gasteiger partial charge in [0.05, 0.1) is 31.6 Å². The number of hydrogen-bond acceptors (Lipinski definition) is 6. The van der Waals surface area contributed by atoms with E-state index in [1.165, 1.54) is 11.0 Å². The molecule has 1 aliphatic heterocycles. The number of benzene rings is 1. The summed E-state index contributed by atoms with van der Waals surface area (Å²) in [5, 5.41) is 21.4. The van der Waals surface area contributed by atoms with Crippen molar-refractivity contribution in [2.24, 2.45) is 5.92 Å². The van der Waals surface area contributed by atoms with Crippen molar-refractivity contribution in [3.8, 4) is 5.69 Å². The summed E-state index contributed by atoms with van der Waals surface area (Å²) in [5.74, 6) is 0.176. The predicted molar refractivity (Wildman–Crippen MR) is 137 cm³/mol. The normalized spacial score (nSPS) is 13.4. The molecule has 11 nitrogen and oxygen atoms in total. The first-order valence-corrected chi connectivity index (χ1v) is 12.4. The largest absolute Gasteiger partial charge is 0.465 e. The summed E-state index contributed by atoms with van der Waals surface area (Å²) in [6.45, 7) is 6.02. The number of ether oxygens (including phenoxy) is 1. The Morgan fingerprint density at radius 1 is 1.27 bits per heavy atom. The zero-order chi connectivity index (χ0) is 26.4. The van der Waals surface area contributed by atoms with Crippen molar-refractivity contribution in [3.05, 3.63) is 70.4 Å². The lowest BCUT2D eigenvalue weighted by Gasteiger charge is -2.26. The van der Waals surface area contributed by atoms with Gasteiger partial charge in [0.1, 0.15) is 11.4 Å². The molecule has 11 heteroatoms. The second kappa shape index (κ2) is 11.8. The minimum atomic E-state index is -1.02. The van der Waals surface area contributed by atoms with Crippen molar-refractivity contribution in [1.29, 1.82) is 0 Å². The van der Waals surface area contributed by atoms with Crippen LogP contribution in [0.4, 0.5) is 10.5 Å². The SMILES string of the molecule is CC(C)CN(C(=O)O)c1cccc(Cc2nn(-c3cnn(CCCC(=O)NC4COC4)c3)ccc2=O)c1. The van der Waals surface area contributed by atoms with E-state index in [0.29, 0.717) is 56.2 Å². The molecule has 1 fully saturated rings. The summed E-state index contributed by atoms with van der Waals surface area (Å²) < 4.78 is 8.40. The van der Waals surface area contributed by atoms with E-state index in [2.05, 4.69) is 15.5 Å². The first kappa shape index (κ1) is 26.1. The molecule has 2 N–H and O–H groups in total. The van der Waals surface area contributed by atoms with E-state index in [1.54, 1.807) is 40.0 Å². The van der Waals surface area contributed by atoms with E-state index in [0.717, 1.165) is 5.56 Å². The third kappa shape index (κ3) is 7.04. The summed E-state index contributed by atoms with van der Waals surface area (Å²) in [5.41, 5.74) is 2.19. The molecule has 4 rings (SSSR count). The van der Waals surface area contributed by atoms with Crippen LogP contribution in [0.15, 0.2) is 53.7 Å². The molecule has 1 saturated heterocycles. The molecule has 0 spiro atoms. The number of carbonyl (C=O) groups excluding carboxylic acids is 1. The number of nitrogens with zero attached hydrogens (tertiary/aromatic N) is 5. The van der Waals surface area contributed by atoms with Gasteiger partial charge < -0.3 is 15.2 Å². The predicted octanol–water partition coefficient (Wildman–Crippen LogP) is 2.46. The summed E-state index contributed by atoms with van der Waals surface area (Å²) in [7, 11) is 0. The zero-order valence-corrected chi connectivity index (χ0v) is 21.0. The number of rotatable bonds is 11. The highest BCUT2D eigenvalue weighted by Gasteiger charge is 2.20. The number of carboxylic acid groups (broad SMARTS) is 1. The van der Waals surface area contributed by atoms with Gasteiger partial charge in [0, 0.05) is 43.9 Å². The van der Waals surface area contributed by atoms with Crippen LogP contribution in [0.5, 0.6) is 0 Å². The summed E-state index contributed by atoms with van der Waals surface area (Å²) in [6, 6.07) is 8.75. The molecule has 3 heterocycles. The first-order valence-electron chi connectivity index (χ1n) is 12.4. The van der Waals surface area contributed by atoms with E-state index in [-0.39, 0.29) is 29.7 Å². The van der Waals surface area contributed by atoms with Crippen molar-refractivity contribution < 1.29 is 19.4 Å². The molecule has 2 aromatic heterocycles. The summed E-state index contributed by atoms with van der Waals surface area (Å²) in [4.78, 5) is 37.6. The lowest BCUT2D eigenvalue weighted by molar-refractivity contribution is -0.125. The second-order valence-electron chi connectivity index (χ2n) is 9.57. The van der Waals surface area contributed by atoms with E-state index in [1.807, 2.05) is 26.1 Å². The van der Waals surface area contributed by atoms with E-state index >= 15 is 0 Å². The minimum Gasteiger partial charge on any atom is -0.465 e. The monoisotopic (exact) mass is 508 g/mol. The molecule has 1 aliphatic rings. The highest BCUT2D eigenvalue weighted by molar-refractivity contribution is 5.86. The van der Waals surface area contributed by atoms with Gasteiger partial charge in [0.2, 0.25) is 11.3 Å². The van der Waals surface area contributed by atoms with Gasteiger partial charge in [-0.05, 0) is 30.0 Å². The fourth-order valence-corrected chi connectivity index (χ4v) is 4.01.